The lowest BCUT2D eigenvalue weighted by molar-refractivity contribution is -0.156. The molecular formula is C37H35O8P. The molecule has 2 atom stereocenters. The molecule has 0 aliphatic heterocycles. The first-order valence-corrected chi connectivity index (χ1v) is 16.1. The Bertz CT molecular complexity index is 1700. The fourth-order valence-corrected chi connectivity index (χ4v) is 6.44. The van der Waals surface area contributed by atoms with Gasteiger partial charge in [-0.3, -0.25) is 9.32 Å². The SMILES string of the molecule is COc1ccc(COC(=O)C(C)(c2ccccc2)C(OP(=O)(Oc2ccccc2)Oc2ccccc2)c2ccccc2)c(OC)c1. The van der Waals surface area contributed by atoms with Crippen molar-refractivity contribution in [1.29, 1.82) is 0 Å². The van der Waals surface area contributed by atoms with E-state index in [9.17, 15) is 9.36 Å². The summed E-state index contributed by atoms with van der Waals surface area (Å²) in [6.45, 7) is 1.59. The first-order valence-electron chi connectivity index (χ1n) is 14.6. The lowest BCUT2D eigenvalue weighted by atomic mass is 9.75. The third kappa shape index (κ3) is 7.60. The summed E-state index contributed by atoms with van der Waals surface area (Å²) in [7, 11) is -1.39. The molecule has 0 heterocycles. The van der Waals surface area contributed by atoms with Crippen LogP contribution in [0, 0.1) is 0 Å². The van der Waals surface area contributed by atoms with Crippen LogP contribution in [-0.4, -0.2) is 20.2 Å². The molecule has 236 valence electrons. The molecule has 0 aliphatic rings. The lowest BCUT2D eigenvalue weighted by Crippen LogP contribution is -2.41. The summed E-state index contributed by atoms with van der Waals surface area (Å²) in [5, 5.41) is 0. The molecule has 0 aromatic heterocycles. The van der Waals surface area contributed by atoms with Crippen molar-refractivity contribution in [3.05, 3.63) is 156 Å². The number of phosphoric ester groups is 1. The topological polar surface area (TPSA) is 89.5 Å². The van der Waals surface area contributed by atoms with E-state index in [-0.39, 0.29) is 18.1 Å². The second kappa shape index (κ2) is 14.8. The van der Waals surface area contributed by atoms with E-state index >= 15 is 0 Å². The maximum Gasteiger partial charge on any atom is 0.588 e. The van der Waals surface area contributed by atoms with Crippen molar-refractivity contribution in [1.82, 2.24) is 0 Å². The second-order valence-electron chi connectivity index (χ2n) is 10.5. The minimum absolute atomic E-state index is 0.103. The highest BCUT2D eigenvalue weighted by Crippen LogP contribution is 2.57. The van der Waals surface area contributed by atoms with Crippen molar-refractivity contribution in [2.75, 3.05) is 14.2 Å². The van der Waals surface area contributed by atoms with E-state index < -0.39 is 25.3 Å². The van der Waals surface area contributed by atoms with E-state index in [1.165, 1.54) is 7.11 Å². The van der Waals surface area contributed by atoms with Crippen molar-refractivity contribution in [3.8, 4) is 23.0 Å². The molecule has 5 aromatic carbocycles. The van der Waals surface area contributed by atoms with Crippen LogP contribution in [0.3, 0.4) is 0 Å². The number of methoxy groups -OCH3 is 2. The minimum atomic E-state index is -4.48. The molecule has 0 N–H and O–H groups in total. The number of ether oxygens (including phenoxy) is 3. The molecule has 0 fully saturated rings. The minimum Gasteiger partial charge on any atom is -0.497 e. The van der Waals surface area contributed by atoms with Gasteiger partial charge in [-0.05, 0) is 54.4 Å². The summed E-state index contributed by atoms with van der Waals surface area (Å²) in [6, 6.07) is 40.6. The Kier molecular flexibility index (Phi) is 10.4. The highest BCUT2D eigenvalue weighted by Gasteiger charge is 2.51. The van der Waals surface area contributed by atoms with E-state index in [4.69, 9.17) is 27.8 Å². The number of carbonyl (C=O) groups excluding carboxylic acids is 1. The zero-order valence-corrected chi connectivity index (χ0v) is 26.7. The fourth-order valence-electron chi connectivity index (χ4n) is 4.96. The second-order valence-corrected chi connectivity index (χ2v) is 11.9. The number of para-hydroxylation sites is 2. The van der Waals surface area contributed by atoms with Crippen LogP contribution in [0.2, 0.25) is 0 Å². The predicted molar refractivity (Wildman–Crippen MR) is 175 cm³/mol. The van der Waals surface area contributed by atoms with Gasteiger partial charge in [0, 0.05) is 11.6 Å². The maximum atomic E-state index is 14.7. The summed E-state index contributed by atoms with van der Waals surface area (Å²) in [6.07, 6.45) is -1.19. The van der Waals surface area contributed by atoms with Crippen LogP contribution in [0.1, 0.15) is 29.7 Å². The normalized spacial score (nSPS) is 13.1. The Hall–Kier alpha value is -5.04. The molecule has 0 saturated carbocycles. The number of rotatable bonds is 14. The Labute approximate surface area is 269 Å². The molecule has 8 nitrogen and oxygen atoms in total. The molecular weight excluding hydrogens is 603 g/mol. The van der Waals surface area contributed by atoms with Crippen molar-refractivity contribution >= 4 is 13.8 Å². The van der Waals surface area contributed by atoms with Gasteiger partial charge >= 0.3 is 13.8 Å². The predicted octanol–water partition coefficient (Wildman–Crippen LogP) is 8.73. The van der Waals surface area contributed by atoms with Gasteiger partial charge in [-0.25, -0.2) is 4.57 Å². The van der Waals surface area contributed by atoms with Gasteiger partial charge in [0.25, 0.3) is 0 Å². The Morgan fingerprint density at radius 3 is 1.72 bits per heavy atom. The highest BCUT2D eigenvalue weighted by atomic mass is 31.2. The molecule has 46 heavy (non-hydrogen) atoms. The summed E-state index contributed by atoms with van der Waals surface area (Å²) in [5.41, 5.74) is 0.218. The number of benzene rings is 5. The molecule has 0 radical (unpaired) electrons. The summed E-state index contributed by atoms with van der Waals surface area (Å²) < 4.78 is 50.0. The number of phosphoric acid groups is 1. The third-order valence-electron chi connectivity index (χ3n) is 7.43. The molecule has 0 bridgehead atoms. The van der Waals surface area contributed by atoms with Crippen molar-refractivity contribution < 1.29 is 37.1 Å². The van der Waals surface area contributed by atoms with Crippen LogP contribution in [0.25, 0.3) is 0 Å². The van der Waals surface area contributed by atoms with Crippen LogP contribution in [-0.2, 0) is 30.6 Å². The van der Waals surface area contributed by atoms with Crippen LogP contribution in [0.15, 0.2) is 140 Å². The molecule has 0 amide bonds. The monoisotopic (exact) mass is 638 g/mol. The quantitative estimate of drug-likeness (QED) is 0.0881. The third-order valence-corrected chi connectivity index (χ3v) is 8.77. The molecule has 0 aliphatic carbocycles. The number of hydrogen-bond donors (Lipinski definition) is 0. The van der Waals surface area contributed by atoms with E-state index in [1.54, 1.807) is 105 Å². The first-order chi connectivity index (χ1) is 22.3. The van der Waals surface area contributed by atoms with Gasteiger partial charge < -0.3 is 23.3 Å². The molecule has 0 spiro atoms. The lowest BCUT2D eigenvalue weighted by Gasteiger charge is -2.37. The van der Waals surface area contributed by atoms with Crippen LogP contribution in [0.5, 0.6) is 23.0 Å². The van der Waals surface area contributed by atoms with Gasteiger partial charge in [-0.1, -0.05) is 97.1 Å². The molecule has 9 heteroatoms. The highest BCUT2D eigenvalue weighted by molar-refractivity contribution is 7.49. The largest absolute Gasteiger partial charge is 0.588 e. The van der Waals surface area contributed by atoms with Gasteiger partial charge in [-0.2, -0.15) is 0 Å². The summed E-state index contributed by atoms with van der Waals surface area (Å²) >= 11 is 0. The summed E-state index contributed by atoms with van der Waals surface area (Å²) in [4.78, 5) is 14.4. The van der Waals surface area contributed by atoms with Gasteiger partial charge in [-0.15, -0.1) is 0 Å². The standard InChI is InChI=1S/C37H35O8P/c1-37(30-18-10-5-11-19-30,36(38)42-27-29-24-25-33(40-2)26-34(29)41-3)35(28-16-8-4-9-17-28)45-46(39,43-31-20-12-6-13-21-31)44-32-22-14-7-15-23-32/h4-26,35H,27H2,1-3H3. The fraction of sp³-hybridized carbons (Fsp3) is 0.162. The van der Waals surface area contributed by atoms with Gasteiger partial charge in [0.15, 0.2) is 0 Å². The number of carbonyl (C=O) groups is 1. The maximum absolute atomic E-state index is 14.7. The molecule has 0 saturated heterocycles. The average molecular weight is 639 g/mol. The number of esters is 1. The van der Waals surface area contributed by atoms with Crippen LogP contribution >= 0.6 is 7.82 Å². The van der Waals surface area contributed by atoms with Gasteiger partial charge in [0.1, 0.15) is 41.1 Å². The van der Waals surface area contributed by atoms with E-state index in [0.29, 0.717) is 28.2 Å². The van der Waals surface area contributed by atoms with E-state index in [1.807, 2.05) is 48.5 Å². The van der Waals surface area contributed by atoms with E-state index in [0.717, 1.165) is 0 Å². The Morgan fingerprint density at radius 2 is 1.20 bits per heavy atom. The Morgan fingerprint density at radius 1 is 0.674 bits per heavy atom. The smallest absolute Gasteiger partial charge is 0.497 e. The average Bonchev–Trinajstić information content (AvgIpc) is 3.10. The van der Waals surface area contributed by atoms with E-state index in [2.05, 4.69) is 0 Å². The zero-order valence-electron chi connectivity index (χ0n) is 25.8. The zero-order chi connectivity index (χ0) is 32.4. The van der Waals surface area contributed by atoms with Gasteiger partial charge in [0.05, 0.1) is 14.2 Å². The number of hydrogen-bond acceptors (Lipinski definition) is 8. The summed E-state index contributed by atoms with van der Waals surface area (Å²) in [5.74, 6) is 1.01. The van der Waals surface area contributed by atoms with Crippen LogP contribution < -0.4 is 18.5 Å². The Balaban J connectivity index is 1.58. The van der Waals surface area contributed by atoms with Crippen LogP contribution in [0.4, 0.5) is 0 Å². The van der Waals surface area contributed by atoms with Crippen molar-refractivity contribution in [3.63, 3.8) is 0 Å². The molecule has 5 aromatic rings. The first kappa shape index (κ1) is 32.4. The van der Waals surface area contributed by atoms with Crippen molar-refractivity contribution in [2.24, 2.45) is 0 Å². The van der Waals surface area contributed by atoms with Crippen molar-refractivity contribution in [2.45, 2.75) is 25.0 Å². The molecule has 2 unspecified atom stereocenters. The molecule has 5 rings (SSSR count). The van der Waals surface area contributed by atoms with Gasteiger partial charge in [0.2, 0.25) is 0 Å².